The van der Waals surface area contributed by atoms with Crippen molar-refractivity contribution < 1.29 is 0 Å². The number of likely N-dealkylation sites (tertiary alicyclic amines) is 1. The maximum atomic E-state index is 5.93. The molecule has 4 heteroatoms. The first-order chi connectivity index (χ1) is 9.47. The Balaban J connectivity index is 2.00. The number of rotatable bonds is 4. The van der Waals surface area contributed by atoms with Gasteiger partial charge in [-0.3, -0.25) is 0 Å². The fourth-order valence-electron chi connectivity index (χ4n) is 2.85. The summed E-state index contributed by atoms with van der Waals surface area (Å²) in [6.45, 7) is 5.60. The maximum absolute atomic E-state index is 5.93. The minimum atomic E-state index is 0.0829. The lowest BCUT2D eigenvalue weighted by Crippen LogP contribution is -2.35. The van der Waals surface area contributed by atoms with Gasteiger partial charge in [0.1, 0.15) is 0 Å². The Hall–Kier alpha value is -0.580. The third-order valence-electron chi connectivity index (χ3n) is 4.28. The predicted molar refractivity (Wildman–Crippen MR) is 90.2 cm³/mol. The van der Waals surface area contributed by atoms with E-state index in [0.29, 0.717) is 0 Å². The third kappa shape index (κ3) is 3.96. The molecule has 1 aliphatic heterocycles. The molecule has 1 saturated heterocycles. The summed E-state index contributed by atoms with van der Waals surface area (Å²) >= 11 is 3.68. The van der Waals surface area contributed by atoms with Crippen LogP contribution in [0.5, 0.6) is 0 Å². The maximum Gasteiger partial charge on any atom is 0.0508 e. The van der Waals surface area contributed by atoms with Gasteiger partial charge in [-0.2, -0.15) is 0 Å². The molecule has 0 aliphatic carbocycles. The normalized spacial score (nSPS) is 19.1. The lowest BCUT2D eigenvalue weighted by molar-refractivity contribution is 0.222. The summed E-state index contributed by atoms with van der Waals surface area (Å²) in [5, 5.41) is 0. The third-order valence-corrected chi connectivity index (χ3v) is 4.91. The van der Waals surface area contributed by atoms with Crippen LogP contribution in [0.3, 0.4) is 0 Å². The fourth-order valence-corrected chi connectivity index (χ4v) is 3.55. The summed E-state index contributed by atoms with van der Waals surface area (Å²) in [6, 6.07) is 6.54. The van der Waals surface area contributed by atoms with Crippen LogP contribution in [-0.2, 0) is 0 Å². The van der Waals surface area contributed by atoms with Crippen molar-refractivity contribution >= 4 is 21.6 Å². The number of piperidine rings is 1. The average molecular weight is 340 g/mol. The van der Waals surface area contributed by atoms with E-state index in [1.54, 1.807) is 0 Å². The van der Waals surface area contributed by atoms with E-state index in [2.05, 4.69) is 58.0 Å². The fraction of sp³-hybridized carbons (Fsp3) is 0.625. The smallest absolute Gasteiger partial charge is 0.0508 e. The molecule has 1 heterocycles. The van der Waals surface area contributed by atoms with E-state index >= 15 is 0 Å². The molecular formula is C16H26BrN3. The largest absolute Gasteiger partial charge is 0.373 e. The van der Waals surface area contributed by atoms with Crippen molar-refractivity contribution in [1.82, 2.24) is 4.90 Å². The second kappa shape index (κ2) is 6.92. The summed E-state index contributed by atoms with van der Waals surface area (Å²) < 4.78 is 1.14. The minimum Gasteiger partial charge on any atom is -0.373 e. The summed E-state index contributed by atoms with van der Waals surface area (Å²) in [4.78, 5) is 4.79. The number of benzene rings is 1. The molecule has 3 nitrogen and oxygen atoms in total. The van der Waals surface area contributed by atoms with Gasteiger partial charge in [-0.15, -0.1) is 0 Å². The lowest BCUT2D eigenvalue weighted by Gasteiger charge is -2.32. The molecule has 2 rings (SSSR count). The van der Waals surface area contributed by atoms with Crippen molar-refractivity contribution in [3.05, 3.63) is 28.2 Å². The summed E-state index contributed by atoms with van der Waals surface area (Å²) in [6.07, 6.45) is 2.60. The molecule has 112 valence electrons. The number of halogens is 1. The van der Waals surface area contributed by atoms with Gasteiger partial charge in [-0.05, 0) is 79.4 Å². The molecule has 20 heavy (non-hydrogen) atoms. The van der Waals surface area contributed by atoms with Crippen LogP contribution >= 0.6 is 15.9 Å². The van der Waals surface area contributed by atoms with Crippen LogP contribution < -0.4 is 10.6 Å². The zero-order valence-electron chi connectivity index (χ0n) is 12.8. The molecule has 1 aromatic rings. The highest BCUT2D eigenvalue weighted by Crippen LogP contribution is 2.29. The number of hydrogen-bond acceptors (Lipinski definition) is 3. The molecule has 0 unspecified atom stereocenters. The molecule has 1 atom stereocenters. The number of hydrogen-bond donors (Lipinski definition) is 1. The predicted octanol–water partition coefficient (Wildman–Crippen LogP) is 3.25. The lowest BCUT2D eigenvalue weighted by atomic mass is 9.96. The number of nitrogens with zero attached hydrogens (tertiary/aromatic N) is 2. The number of anilines is 1. The van der Waals surface area contributed by atoms with Crippen molar-refractivity contribution in [2.24, 2.45) is 11.7 Å². The average Bonchev–Trinajstić information content (AvgIpc) is 2.41. The van der Waals surface area contributed by atoms with Crippen molar-refractivity contribution in [2.75, 3.05) is 38.6 Å². The zero-order chi connectivity index (χ0) is 14.7. The van der Waals surface area contributed by atoms with Crippen LogP contribution in [-0.4, -0.2) is 38.6 Å². The molecule has 2 N–H and O–H groups in total. The van der Waals surface area contributed by atoms with Crippen LogP contribution in [0.25, 0.3) is 0 Å². The van der Waals surface area contributed by atoms with Crippen molar-refractivity contribution in [3.63, 3.8) is 0 Å². The molecule has 1 aliphatic rings. The Labute approximate surface area is 131 Å². The van der Waals surface area contributed by atoms with Gasteiger partial charge in [0, 0.05) is 24.1 Å². The monoisotopic (exact) mass is 339 g/mol. The Morgan fingerprint density at radius 1 is 1.40 bits per heavy atom. The topological polar surface area (TPSA) is 32.5 Å². The molecular weight excluding hydrogens is 314 g/mol. The zero-order valence-corrected chi connectivity index (χ0v) is 14.4. The van der Waals surface area contributed by atoms with Gasteiger partial charge < -0.3 is 15.5 Å². The van der Waals surface area contributed by atoms with E-state index in [1.165, 1.54) is 37.2 Å². The summed E-state index contributed by atoms with van der Waals surface area (Å²) in [7, 11) is 4.40. The Morgan fingerprint density at radius 3 is 2.60 bits per heavy atom. The summed E-state index contributed by atoms with van der Waals surface area (Å²) in [5.74, 6) is 0.802. The van der Waals surface area contributed by atoms with Gasteiger partial charge in [-0.25, -0.2) is 0 Å². The highest BCUT2D eigenvalue weighted by molar-refractivity contribution is 9.10. The number of nitrogens with two attached hydrogens (primary N) is 1. The minimum absolute atomic E-state index is 0.0829. The van der Waals surface area contributed by atoms with Crippen molar-refractivity contribution in [1.29, 1.82) is 0 Å². The van der Waals surface area contributed by atoms with E-state index in [0.717, 1.165) is 16.9 Å². The molecule has 0 spiro atoms. The molecule has 0 radical (unpaired) electrons. The SMILES string of the molecule is C[C@@H](N)c1ccc(N(C)CC2CCN(C)CC2)c(Br)c1. The first-order valence-corrected chi connectivity index (χ1v) is 8.21. The van der Waals surface area contributed by atoms with Crippen LogP contribution in [0.15, 0.2) is 22.7 Å². The Morgan fingerprint density at radius 2 is 2.05 bits per heavy atom. The van der Waals surface area contributed by atoms with E-state index < -0.39 is 0 Å². The highest BCUT2D eigenvalue weighted by atomic mass is 79.9. The molecule has 0 aromatic heterocycles. The van der Waals surface area contributed by atoms with Gasteiger partial charge in [0.2, 0.25) is 0 Å². The highest BCUT2D eigenvalue weighted by Gasteiger charge is 2.19. The van der Waals surface area contributed by atoms with Gasteiger partial charge in [0.15, 0.2) is 0 Å². The second-order valence-electron chi connectivity index (χ2n) is 6.13. The molecule has 0 amide bonds. The molecule has 0 saturated carbocycles. The van der Waals surface area contributed by atoms with Crippen LogP contribution in [0, 0.1) is 5.92 Å². The van der Waals surface area contributed by atoms with E-state index in [1.807, 2.05) is 6.92 Å². The van der Waals surface area contributed by atoms with E-state index in [9.17, 15) is 0 Å². The van der Waals surface area contributed by atoms with Crippen LogP contribution in [0.1, 0.15) is 31.4 Å². The van der Waals surface area contributed by atoms with Crippen molar-refractivity contribution in [2.45, 2.75) is 25.8 Å². The Kier molecular flexibility index (Phi) is 5.47. The molecule has 1 fully saturated rings. The molecule has 0 bridgehead atoms. The van der Waals surface area contributed by atoms with E-state index in [-0.39, 0.29) is 6.04 Å². The molecule has 1 aromatic carbocycles. The Bertz CT molecular complexity index is 439. The van der Waals surface area contributed by atoms with Gasteiger partial charge in [-0.1, -0.05) is 6.07 Å². The van der Waals surface area contributed by atoms with Crippen LogP contribution in [0.2, 0.25) is 0 Å². The van der Waals surface area contributed by atoms with Gasteiger partial charge in [0.25, 0.3) is 0 Å². The summed E-state index contributed by atoms with van der Waals surface area (Å²) in [5.41, 5.74) is 8.36. The standard InChI is InChI=1S/C16H26BrN3/c1-12(18)14-4-5-16(15(17)10-14)20(3)11-13-6-8-19(2)9-7-13/h4-5,10,12-13H,6-9,11,18H2,1-3H3/t12-/m1/s1. The second-order valence-corrected chi connectivity index (χ2v) is 6.98. The first kappa shape index (κ1) is 15.8. The first-order valence-electron chi connectivity index (χ1n) is 7.42. The van der Waals surface area contributed by atoms with Crippen molar-refractivity contribution in [3.8, 4) is 0 Å². The van der Waals surface area contributed by atoms with Gasteiger partial charge >= 0.3 is 0 Å². The van der Waals surface area contributed by atoms with Gasteiger partial charge in [0.05, 0.1) is 5.69 Å². The quantitative estimate of drug-likeness (QED) is 0.913. The van der Waals surface area contributed by atoms with Crippen LogP contribution in [0.4, 0.5) is 5.69 Å². The van der Waals surface area contributed by atoms with E-state index in [4.69, 9.17) is 5.73 Å².